The number of nitrogens with zero attached hydrogens (tertiary/aromatic N) is 4. The van der Waals surface area contributed by atoms with Crippen LogP contribution in [0.5, 0.6) is 17.2 Å². The monoisotopic (exact) mass is 294 g/mol. The third kappa shape index (κ3) is 3.05. The van der Waals surface area contributed by atoms with Crippen molar-refractivity contribution in [3.05, 3.63) is 12.1 Å². The highest BCUT2D eigenvalue weighted by Gasteiger charge is 2.17. The normalized spacial score (nSPS) is 10.5. The van der Waals surface area contributed by atoms with Crippen LogP contribution >= 0.6 is 0 Å². The summed E-state index contributed by atoms with van der Waals surface area (Å²) in [7, 11) is 4.65. The Morgan fingerprint density at radius 1 is 1.10 bits per heavy atom. The molecule has 0 atom stereocenters. The summed E-state index contributed by atoms with van der Waals surface area (Å²) in [6.07, 6.45) is 0.572. The van der Waals surface area contributed by atoms with Crippen molar-refractivity contribution in [1.82, 2.24) is 20.2 Å². The summed E-state index contributed by atoms with van der Waals surface area (Å²) in [5, 5.41) is 20.5. The molecule has 0 aliphatic rings. The molecule has 0 saturated heterocycles. The lowest BCUT2D eigenvalue weighted by molar-refractivity contribution is 0.276. The van der Waals surface area contributed by atoms with Gasteiger partial charge < -0.3 is 19.3 Å². The summed E-state index contributed by atoms with van der Waals surface area (Å²) >= 11 is 0. The fourth-order valence-electron chi connectivity index (χ4n) is 1.99. The molecule has 2 aromatic rings. The Labute approximate surface area is 122 Å². The Bertz CT molecular complexity index is 575. The summed E-state index contributed by atoms with van der Waals surface area (Å²) in [5.74, 6) is 2.15. The molecular weight excluding hydrogens is 276 g/mol. The van der Waals surface area contributed by atoms with E-state index in [9.17, 15) is 0 Å². The van der Waals surface area contributed by atoms with Gasteiger partial charge in [0, 0.05) is 18.7 Å². The minimum Gasteiger partial charge on any atom is -0.493 e. The fourth-order valence-corrected chi connectivity index (χ4v) is 1.99. The molecule has 1 aromatic carbocycles. The molecule has 0 saturated carbocycles. The van der Waals surface area contributed by atoms with Crippen molar-refractivity contribution in [2.75, 3.05) is 27.9 Å². The molecular formula is C13H18N4O4. The predicted molar refractivity (Wildman–Crippen MR) is 74.6 cm³/mol. The van der Waals surface area contributed by atoms with E-state index < -0.39 is 0 Å². The zero-order valence-corrected chi connectivity index (χ0v) is 12.2. The van der Waals surface area contributed by atoms with E-state index in [-0.39, 0.29) is 6.61 Å². The largest absolute Gasteiger partial charge is 0.493 e. The number of aliphatic hydroxyl groups excluding tert-OH is 1. The molecule has 0 aliphatic carbocycles. The minimum absolute atomic E-state index is 0.0779. The Kier molecular flexibility index (Phi) is 4.94. The van der Waals surface area contributed by atoms with Gasteiger partial charge >= 0.3 is 0 Å². The van der Waals surface area contributed by atoms with Crippen LogP contribution in [0.15, 0.2) is 12.1 Å². The number of hydrogen-bond acceptors (Lipinski definition) is 7. The summed E-state index contributed by atoms with van der Waals surface area (Å²) in [4.78, 5) is 0. The van der Waals surface area contributed by atoms with Crippen LogP contribution in [0.25, 0.3) is 11.4 Å². The first-order valence-corrected chi connectivity index (χ1v) is 6.42. The van der Waals surface area contributed by atoms with Gasteiger partial charge in [0.1, 0.15) is 0 Å². The molecule has 0 spiro atoms. The number of ether oxygens (including phenoxy) is 3. The standard InChI is InChI=1S/C13H18N4O4/c1-19-10-7-9(8-11(20-2)12(10)21-3)13-14-15-16-17(13)5-4-6-18/h7-8,18H,4-6H2,1-3H3. The third-order valence-corrected chi connectivity index (χ3v) is 2.98. The summed E-state index contributed by atoms with van der Waals surface area (Å²) in [6, 6.07) is 3.56. The molecule has 0 aliphatic heterocycles. The third-order valence-electron chi connectivity index (χ3n) is 2.98. The van der Waals surface area contributed by atoms with Gasteiger partial charge in [-0.25, -0.2) is 4.68 Å². The lowest BCUT2D eigenvalue weighted by Gasteiger charge is -2.13. The molecule has 0 amide bonds. The fraction of sp³-hybridized carbons (Fsp3) is 0.462. The minimum atomic E-state index is 0.0779. The quantitative estimate of drug-likeness (QED) is 0.805. The zero-order valence-electron chi connectivity index (χ0n) is 12.2. The molecule has 8 heteroatoms. The maximum Gasteiger partial charge on any atom is 0.203 e. The maximum absolute atomic E-state index is 8.92. The SMILES string of the molecule is COc1cc(-c2nnnn2CCCO)cc(OC)c1OC. The second-order valence-corrected chi connectivity index (χ2v) is 4.22. The molecule has 0 radical (unpaired) electrons. The van der Waals surface area contributed by atoms with E-state index in [4.69, 9.17) is 19.3 Å². The van der Waals surface area contributed by atoms with E-state index in [1.807, 2.05) is 0 Å². The lowest BCUT2D eigenvalue weighted by atomic mass is 10.1. The highest BCUT2D eigenvalue weighted by atomic mass is 16.5. The van der Waals surface area contributed by atoms with Crippen LogP contribution < -0.4 is 14.2 Å². The van der Waals surface area contributed by atoms with Crippen molar-refractivity contribution in [1.29, 1.82) is 0 Å². The van der Waals surface area contributed by atoms with Crippen LogP contribution in [0.4, 0.5) is 0 Å². The number of benzene rings is 1. The number of hydrogen-bond donors (Lipinski definition) is 1. The molecule has 1 aromatic heterocycles. The maximum atomic E-state index is 8.92. The van der Waals surface area contributed by atoms with Crippen LogP contribution in [0, 0.1) is 0 Å². The second-order valence-electron chi connectivity index (χ2n) is 4.22. The van der Waals surface area contributed by atoms with Gasteiger partial charge in [-0.1, -0.05) is 0 Å². The number of aliphatic hydroxyl groups is 1. The average Bonchev–Trinajstić information content (AvgIpc) is 2.99. The molecule has 2 rings (SSSR count). The van der Waals surface area contributed by atoms with E-state index in [1.165, 1.54) is 0 Å². The number of tetrazole rings is 1. The predicted octanol–water partition coefficient (Wildman–Crippen LogP) is 0.748. The van der Waals surface area contributed by atoms with Crippen LogP contribution in [-0.2, 0) is 6.54 Å². The van der Waals surface area contributed by atoms with Crippen molar-refractivity contribution in [3.8, 4) is 28.6 Å². The van der Waals surface area contributed by atoms with E-state index in [0.717, 1.165) is 5.56 Å². The number of methoxy groups -OCH3 is 3. The van der Waals surface area contributed by atoms with Gasteiger partial charge in [-0.05, 0) is 29.0 Å². The summed E-state index contributed by atoms with van der Waals surface area (Å²) in [5.41, 5.74) is 0.743. The number of rotatable bonds is 7. The Balaban J connectivity index is 2.47. The van der Waals surface area contributed by atoms with Gasteiger partial charge in [-0.3, -0.25) is 0 Å². The lowest BCUT2D eigenvalue weighted by Crippen LogP contribution is -2.05. The molecule has 1 heterocycles. The van der Waals surface area contributed by atoms with E-state index in [0.29, 0.717) is 36.0 Å². The molecule has 21 heavy (non-hydrogen) atoms. The average molecular weight is 294 g/mol. The van der Waals surface area contributed by atoms with Crippen molar-refractivity contribution in [2.24, 2.45) is 0 Å². The van der Waals surface area contributed by atoms with Gasteiger partial charge in [0.25, 0.3) is 0 Å². The Morgan fingerprint density at radius 2 is 1.76 bits per heavy atom. The molecule has 0 fully saturated rings. The van der Waals surface area contributed by atoms with Crippen LogP contribution in [0.1, 0.15) is 6.42 Å². The molecule has 0 unspecified atom stereocenters. The highest BCUT2D eigenvalue weighted by molar-refractivity contribution is 5.66. The van der Waals surface area contributed by atoms with Crippen molar-refractivity contribution in [3.63, 3.8) is 0 Å². The summed E-state index contributed by atoms with van der Waals surface area (Å²) in [6.45, 7) is 0.601. The first kappa shape index (κ1) is 15.0. The van der Waals surface area contributed by atoms with Gasteiger partial charge in [0.05, 0.1) is 21.3 Å². The Morgan fingerprint density at radius 3 is 2.29 bits per heavy atom. The van der Waals surface area contributed by atoms with Crippen LogP contribution in [0.2, 0.25) is 0 Å². The number of aromatic nitrogens is 4. The first-order valence-electron chi connectivity index (χ1n) is 6.42. The van der Waals surface area contributed by atoms with Gasteiger partial charge in [0.2, 0.25) is 5.75 Å². The van der Waals surface area contributed by atoms with Gasteiger partial charge in [0.15, 0.2) is 17.3 Å². The second kappa shape index (κ2) is 6.89. The molecule has 0 bridgehead atoms. The topological polar surface area (TPSA) is 91.5 Å². The number of aryl methyl sites for hydroxylation is 1. The van der Waals surface area contributed by atoms with Crippen molar-refractivity contribution >= 4 is 0 Å². The first-order chi connectivity index (χ1) is 10.2. The molecule has 114 valence electrons. The van der Waals surface area contributed by atoms with Crippen LogP contribution in [-0.4, -0.2) is 53.3 Å². The zero-order chi connectivity index (χ0) is 15.2. The van der Waals surface area contributed by atoms with Gasteiger partial charge in [-0.15, -0.1) is 5.10 Å². The van der Waals surface area contributed by atoms with Gasteiger partial charge in [-0.2, -0.15) is 0 Å². The molecule has 8 nitrogen and oxygen atoms in total. The van der Waals surface area contributed by atoms with E-state index in [1.54, 1.807) is 38.1 Å². The smallest absolute Gasteiger partial charge is 0.203 e. The highest BCUT2D eigenvalue weighted by Crippen LogP contribution is 2.40. The Hall–Kier alpha value is -2.35. The van der Waals surface area contributed by atoms with Crippen LogP contribution in [0.3, 0.4) is 0 Å². The van der Waals surface area contributed by atoms with E-state index in [2.05, 4.69) is 15.5 Å². The van der Waals surface area contributed by atoms with Crippen molar-refractivity contribution in [2.45, 2.75) is 13.0 Å². The van der Waals surface area contributed by atoms with E-state index >= 15 is 0 Å². The summed E-state index contributed by atoms with van der Waals surface area (Å²) < 4.78 is 17.5. The molecule has 1 N–H and O–H groups in total. The van der Waals surface area contributed by atoms with Crippen molar-refractivity contribution < 1.29 is 19.3 Å².